The molecule has 1 aliphatic rings. The molecular weight excluding hydrogens is 250 g/mol. The lowest BCUT2D eigenvalue weighted by Gasteiger charge is -2.18. The van der Waals surface area contributed by atoms with E-state index >= 15 is 0 Å². The maximum absolute atomic E-state index is 12.0. The van der Waals surface area contributed by atoms with Gasteiger partial charge in [0.1, 0.15) is 6.04 Å². The molecule has 0 bridgehead atoms. The largest absolute Gasteiger partial charge is 0.481 e. The molecule has 3 N–H and O–H groups in total. The Morgan fingerprint density at radius 3 is 2.11 bits per heavy atom. The lowest BCUT2D eigenvalue weighted by atomic mass is 9.98. The van der Waals surface area contributed by atoms with Crippen LogP contribution in [-0.2, 0) is 14.4 Å². The zero-order valence-corrected chi connectivity index (χ0v) is 10.9. The molecule has 1 rings (SSSR count). The highest BCUT2D eigenvalue weighted by Gasteiger charge is 2.26. The molecule has 6 heteroatoms. The predicted octanol–water partition coefficient (Wildman–Crippen LogP) is 1.39. The number of hydrogen-bond donors (Lipinski definition) is 3. The second kappa shape index (κ2) is 7.76. The van der Waals surface area contributed by atoms with Gasteiger partial charge in [0.2, 0.25) is 5.91 Å². The first kappa shape index (κ1) is 15.5. The van der Waals surface area contributed by atoms with E-state index in [-0.39, 0.29) is 24.7 Å². The first-order chi connectivity index (χ1) is 9.00. The van der Waals surface area contributed by atoms with Crippen LogP contribution in [0.1, 0.15) is 51.4 Å². The van der Waals surface area contributed by atoms with Gasteiger partial charge in [-0.1, -0.05) is 25.7 Å². The van der Waals surface area contributed by atoms with Crippen LogP contribution in [0.4, 0.5) is 0 Å². The van der Waals surface area contributed by atoms with Crippen molar-refractivity contribution in [3.63, 3.8) is 0 Å². The average Bonchev–Trinajstić information content (AvgIpc) is 2.62. The van der Waals surface area contributed by atoms with Gasteiger partial charge in [-0.05, 0) is 19.3 Å². The Balaban J connectivity index is 2.49. The molecule has 1 saturated carbocycles. The Kier molecular flexibility index (Phi) is 6.32. The van der Waals surface area contributed by atoms with Gasteiger partial charge in [-0.2, -0.15) is 0 Å². The standard InChI is InChI=1S/C13H21NO5/c15-11(16)8-7-10(13(18)19)14-12(17)9-5-3-1-2-4-6-9/h9-10H,1-8H2,(H,14,17)(H,15,16)(H,18,19)/t10-/m0/s1. The summed E-state index contributed by atoms with van der Waals surface area (Å²) in [7, 11) is 0. The maximum Gasteiger partial charge on any atom is 0.326 e. The monoisotopic (exact) mass is 271 g/mol. The van der Waals surface area contributed by atoms with Crippen molar-refractivity contribution in [3.8, 4) is 0 Å². The van der Waals surface area contributed by atoms with Crippen molar-refractivity contribution in [2.75, 3.05) is 0 Å². The van der Waals surface area contributed by atoms with Gasteiger partial charge in [0.05, 0.1) is 0 Å². The molecule has 0 heterocycles. The van der Waals surface area contributed by atoms with Crippen LogP contribution < -0.4 is 5.32 Å². The van der Waals surface area contributed by atoms with E-state index in [2.05, 4.69) is 5.32 Å². The normalized spacial score (nSPS) is 18.3. The Morgan fingerprint density at radius 2 is 1.63 bits per heavy atom. The first-order valence-electron chi connectivity index (χ1n) is 6.75. The van der Waals surface area contributed by atoms with Crippen molar-refractivity contribution >= 4 is 17.8 Å². The van der Waals surface area contributed by atoms with Crippen LogP contribution in [0.3, 0.4) is 0 Å². The highest BCUT2D eigenvalue weighted by Crippen LogP contribution is 2.23. The molecule has 0 aromatic heterocycles. The summed E-state index contributed by atoms with van der Waals surface area (Å²) in [6, 6.07) is -1.10. The molecular formula is C13H21NO5. The summed E-state index contributed by atoms with van der Waals surface area (Å²) in [5.41, 5.74) is 0. The van der Waals surface area contributed by atoms with Gasteiger partial charge in [-0.3, -0.25) is 9.59 Å². The maximum atomic E-state index is 12.0. The number of carboxylic acids is 2. The fraction of sp³-hybridized carbons (Fsp3) is 0.769. The van der Waals surface area contributed by atoms with Crippen LogP contribution in [0.25, 0.3) is 0 Å². The number of nitrogens with one attached hydrogen (secondary N) is 1. The van der Waals surface area contributed by atoms with Crippen LogP contribution in [-0.4, -0.2) is 34.1 Å². The molecule has 108 valence electrons. The van der Waals surface area contributed by atoms with Crippen molar-refractivity contribution in [3.05, 3.63) is 0 Å². The highest BCUT2D eigenvalue weighted by molar-refractivity contribution is 5.85. The van der Waals surface area contributed by atoms with Gasteiger partial charge in [0, 0.05) is 12.3 Å². The molecule has 1 aliphatic carbocycles. The van der Waals surface area contributed by atoms with Crippen LogP contribution >= 0.6 is 0 Å². The smallest absolute Gasteiger partial charge is 0.326 e. The summed E-state index contributed by atoms with van der Waals surface area (Å²) < 4.78 is 0. The zero-order chi connectivity index (χ0) is 14.3. The minimum absolute atomic E-state index is 0.0802. The van der Waals surface area contributed by atoms with Gasteiger partial charge >= 0.3 is 11.9 Å². The fourth-order valence-corrected chi connectivity index (χ4v) is 2.36. The second-order valence-electron chi connectivity index (χ2n) is 5.02. The van der Waals surface area contributed by atoms with Crippen molar-refractivity contribution < 1.29 is 24.6 Å². The number of amides is 1. The highest BCUT2D eigenvalue weighted by atomic mass is 16.4. The van der Waals surface area contributed by atoms with Crippen LogP contribution in [0.2, 0.25) is 0 Å². The van der Waals surface area contributed by atoms with Crippen molar-refractivity contribution in [1.82, 2.24) is 5.32 Å². The number of carboxylic acid groups (broad SMARTS) is 2. The summed E-state index contributed by atoms with van der Waals surface area (Å²) in [5.74, 6) is -2.62. The van der Waals surface area contributed by atoms with E-state index in [4.69, 9.17) is 10.2 Å². The molecule has 1 atom stereocenters. The van der Waals surface area contributed by atoms with Crippen molar-refractivity contribution in [2.45, 2.75) is 57.4 Å². The Hall–Kier alpha value is -1.59. The van der Waals surface area contributed by atoms with Crippen LogP contribution in [0.5, 0.6) is 0 Å². The fourth-order valence-electron chi connectivity index (χ4n) is 2.36. The van der Waals surface area contributed by atoms with Gasteiger partial charge in [-0.15, -0.1) is 0 Å². The topological polar surface area (TPSA) is 104 Å². The minimum atomic E-state index is -1.18. The van der Waals surface area contributed by atoms with E-state index in [9.17, 15) is 14.4 Å². The number of carbonyl (C=O) groups is 3. The van der Waals surface area contributed by atoms with Crippen molar-refractivity contribution in [2.24, 2.45) is 5.92 Å². The number of hydrogen-bond acceptors (Lipinski definition) is 3. The summed E-state index contributed by atoms with van der Waals surface area (Å²) in [6.07, 6.45) is 5.45. The molecule has 0 aromatic carbocycles. The summed E-state index contributed by atoms with van der Waals surface area (Å²) >= 11 is 0. The molecule has 1 amide bonds. The van der Waals surface area contributed by atoms with Crippen LogP contribution in [0.15, 0.2) is 0 Å². The Bertz CT molecular complexity index is 334. The molecule has 19 heavy (non-hydrogen) atoms. The van der Waals surface area contributed by atoms with E-state index in [0.29, 0.717) is 0 Å². The average molecular weight is 271 g/mol. The Morgan fingerprint density at radius 1 is 1.05 bits per heavy atom. The third-order valence-electron chi connectivity index (χ3n) is 3.49. The molecule has 0 saturated heterocycles. The van der Waals surface area contributed by atoms with Crippen molar-refractivity contribution in [1.29, 1.82) is 0 Å². The molecule has 0 spiro atoms. The lowest BCUT2D eigenvalue weighted by Crippen LogP contribution is -2.43. The number of aliphatic carboxylic acids is 2. The third kappa shape index (κ3) is 5.72. The molecule has 0 aromatic rings. The number of carbonyl (C=O) groups excluding carboxylic acids is 1. The predicted molar refractivity (Wildman–Crippen MR) is 67.6 cm³/mol. The van der Waals surface area contributed by atoms with E-state index < -0.39 is 18.0 Å². The van der Waals surface area contributed by atoms with Gasteiger partial charge < -0.3 is 15.5 Å². The molecule has 0 unspecified atom stereocenters. The van der Waals surface area contributed by atoms with Gasteiger partial charge in [0.15, 0.2) is 0 Å². The molecule has 1 fully saturated rings. The third-order valence-corrected chi connectivity index (χ3v) is 3.49. The number of rotatable bonds is 6. The molecule has 6 nitrogen and oxygen atoms in total. The first-order valence-corrected chi connectivity index (χ1v) is 6.75. The lowest BCUT2D eigenvalue weighted by molar-refractivity contribution is -0.143. The summed E-state index contributed by atoms with van der Waals surface area (Å²) in [6.45, 7) is 0. The Labute approximate surface area is 112 Å². The van der Waals surface area contributed by atoms with E-state index in [0.717, 1.165) is 38.5 Å². The minimum Gasteiger partial charge on any atom is -0.481 e. The van der Waals surface area contributed by atoms with Gasteiger partial charge in [0.25, 0.3) is 0 Å². The van der Waals surface area contributed by atoms with Crippen LogP contribution in [0, 0.1) is 5.92 Å². The van der Waals surface area contributed by atoms with E-state index in [1.165, 1.54) is 0 Å². The molecule has 0 aliphatic heterocycles. The summed E-state index contributed by atoms with van der Waals surface area (Å²) in [4.78, 5) is 33.4. The van der Waals surface area contributed by atoms with E-state index in [1.807, 2.05) is 0 Å². The molecule has 0 radical (unpaired) electrons. The second-order valence-corrected chi connectivity index (χ2v) is 5.02. The van der Waals surface area contributed by atoms with Gasteiger partial charge in [-0.25, -0.2) is 4.79 Å². The summed E-state index contributed by atoms with van der Waals surface area (Å²) in [5, 5.41) is 20.0. The SMILES string of the molecule is O=C(O)CC[C@H](NC(=O)C1CCCCCC1)C(=O)O. The van der Waals surface area contributed by atoms with E-state index in [1.54, 1.807) is 0 Å². The quantitative estimate of drug-likeness (QED) is 0.633. The zero-order valence-electron chi connectivity index (χ0n) is 10.9.